The molecule has 10 heteroatoms. The largest absolute Gasteiger partial charge is 0.351 e. The molecule has 1 atom stereocenters. The van der Waals surface area contributed by atoms with E-state index >= 15 is 0 Å². The topological polar surface area (TPSA) is 88.1 Å². The van der Waals surface area contributed by atoms with E-state index < -0.39 is 15.7 Å². The molecular formula is C15H17ClFN5O2S. The van der Waals surface area contributed by atoms with E-state index in [0.29, 0.717) is 24.5 Å². The number of anilines is 3. The first kappa shape index (κ1) is 17.8. The highest BCUT2D eigenvalue weighted by Gasteiger charge is 2.32. The third kappa shape index (κ3) is 4.16. The van der Waals surface area contributed by atoms with Crippen molar-refractivity contribution in [2.75, 3.05) is 28.3 Å². The van der Waals surface area contributed by atoms with Crippen molar-refractivity contribution >= 4 is 38.9 Å². The normalized spacial score (nSPS) is 18.9. The molecule has 134 valence electrons. The first-order valence-corrected chi connectivity index (χ1v) is 9.97. The van der Waals surface area contributed by atoms with Crippen molar-refractivity contribution < 1.29 is 12.8 Å². The number of hydrogen-bond acceptors (Lipinski definition) is 7. The molecule has 0 amide bonds. The van der Waals surface area contributed by atoms with E-state index in [-0.39, 0.29) is 28.5 Å². The molecule has 1 aliphatic rings. The summed E-state index contributed by atoms with van der Waals surface area (Å²) in [6.07, 6.45) is 2.06. The predicted molar refractivity (Wildman–Crippen MR) is 94.6 cm³/mol. The van der Waals surface area contributed by atoms with Gasteiger partial charge in [-0.3, -0.25) is 0 Å². The van der Waals surface area contributed by atoms with Crippen molar-refractivity contribution in [3.8, 4) is 0 Å². The average Bonchev–Trinajstić information content (AvgIpc) is 2.92. The van der Waals surface area contributed by atoms with Gasteiger partial charge in [-0.2, -0.15) is 10.1 Å². The highest BCUT2D eigenvalue weighted by molar-refractivity contribution is 7.91. The Kier molecular flexibility index (Phi) is 5.05. The van der Waals surface area contributed by atoms with Crippen LogP contribution in [0.2, 0.25) is 5.02 Å². The molecule has 7 nitrogen and oxygen atoms in total. The van der Waals surface area contributed by atoms with E-state index in [4.69, 9.17) is 11.6 Å². The fourth-order valence-corrected chi connectivity index (χ4v) is 4.73. The van der Waals surface area contributed by atoms with Crippen molar-refractivity contribution in [1.82, 2.24) is 15.2 Å². The van der Waals surface area contributed by atoms with Crippen molar-refractivity contribution in [3.05, 3.63) is 35.2 Å². The maximum Gasteiger partial charge on any atom is 0.249 e. The summed E-state index contributed by atoms with van der Waals surface area (Å²) in [5.41, 5.74) is 0.525. The lowest BCUT2D eigenvalue weighted by Crippen LogP contribution is -2.37. The van der Waals surface area contributed by atoms with E-state index in [0.717, 1.165) is 0 Å². The first-order chi connectivity index (χ1) is 11.9. The molecule has 0 aliphatic carbocycles. The number of nitrogens with zero attached hydrogens (tertiary/aromatic N) is 4. The van der Waals surface area contributed by atoms with Crippen LogP contribution in [0.15, 0.2) is 24.4 Å². The summed E-state index contributed by atoms with van der Waals surface area (Å²) in [6, 6.07) is 4.05. The number of hydrogen-bond donors (Lipinski definition) is 1. The number of rotatable bonds is 5. The van der Waals surface area contributed by atoms with Crippen LogP contribution in [-0.2, 0) is 9.84 Å². The molecule has 2 heterocycles. The van der Waals surface area contributed by atoms with Crippen molar-refractivity contribution in [2.45, 2.75) is 19.4 Å². The Bertz CT molecular complexity index is 880. The molecule has 1 fully saturated rings. The molecule has 1 unspecified atom stereocenters. The van der Waals surface area contributed by atoms with Gasteiger partial charge in [0.1, 0.15) is 5.82 Å². The molecule has 1 aromatic carbocycles. The smallest absolute Gasteiger partial charge is 0.249 e. The van der Waals surface area contributed by atoms with Crippen LogP contribution >= 0.6 is 11.6 Å². The Hall–Kier alpha value is -2.00. The van der Waals surface area contributed by atoms with Gasteiger partial charge in [0.05, 0.1) is 22.7 Å². The zero-order valence-electron chi connectivity index (χ0n) is 13.5. The van der Waals surface area contributed by atoms with Gasteiger partial charge in [0.25, 0.3) is 0 Å². The van der Waals surface area contributed by atoms with Crippen LogP contribution in [0.4, 0.5) is 21.8 Å². The lowest BCUT2D eigenvalue weighted by molar-refractivity contribution is 0.599. The fourth-order valence-electron chi connectivity index (χ4n) is 2.82. The lowest BCUT2D eigenvalue weighted by atomic mass is 10.2. The Morgan fingerprint density at radius 1 is 1.44 bits per heavy atom. The minimum absolute atomic E-state index is 0.0135. The molecule has 1 N–H and O–H groups in total. The Labute approximate surface area is 150 Å². The van der Waals surface area contributed by atoms with Crippen molar-refractivity contribution in [3.63, 3.8) is 0 Å². The summed E-state index contributed by atoms with van der Waals surface area (Å²) < 4.78 is 36.7. The molecule has 0 spiro atoms. The molecule has 1 aromatic heterocycles. The molecule has 2 aromatic rings. The summed E-state index contributed by atoms with van der Waals surface area (Å²) in [6.45, 7) is 2.53. The standard InChI is InChI=1S/C15H17ClFN5O2S/c1-2-22(11-5-6-25(23,24)9-11)14-8-18-21-15(20-14)19-10-3-4-13(17)12(16)7-10/h3-4,7-8,11H,2,5-6,9H2,1H3,(H,19,20,21). The van der Waals surface area contributed by atoms with Gasteiger partial charge in [0.15, 0.2) is 15.7 Å². The predicted octanol–water partition coefficient (Wildman–Crippen LogP) is 2.42. The van der Waals surface area contributed by atoms with Gasteiger partial charge in [-0.05, 0) is 31.5 Å². The SMILES string of the molecule is CCN(c1cnnc(Nc2ccc(F)c(Cl)c2)n1)C1CCS(=O)(=O)C1. The van der Waals surface area contributed by atoms with E-state index in [9.17, 15) is 12.8 Å². The second-order valence-electron chi connectivity index (χ2n) is 5.73. The summed E-state index contributed by atoms with van der Waals surface area (Å²) in [4.78, 5) is 6.30. The number of benzene rings is 1. The number of aromatic nitrogens is 3. The highest BCUT2D eigenvalue weighted by Crippen LogP contribution is 2.24. The van der Waals surface area contributed by atoms with Gasteiger partial charge in [-0.1, -0.05) is 11.6 Å². The van der Waals surface area contributed by atoms with Crippen LogP contribution in [0.1, 0.15) is 13.3 Å². The van der Waals surface area contributed by atoms with Gasteiger partial charge < -0.3 is 10.2 Å². The Morgan fingerprint density at radius 2 is 2.24 bits per heavy atom. The van der Waals surface area contributed by atoms with Crippen LogP contribution in [0.5, 0.6) is 0 Å². The van der Waals surface area contributed by atoms with Gasteiger partial charge >= 0.3 is 0 Å². The quantitative estimate of drug-likeness (QED) is 0.845. The fraction of sp³-hybridized carbons (Fsp3) is 0.400. The molecule has 0 saturated carbocycles. The van der Waals surface area contributed by atoms with E-state index in [1.807, 2.05) is 11.8 Å². The van der Waals surface area contributed by atoms with E-state index in [1.54, 1.807) is 0 Å². The monoisotopic (exact) mass is 385 g/mol. The molecular weight excluding hydrogens is 369 g/mol. The average molecular weight is 386 g/mol. The van der Waals surface area contributed by atoms with Crippen LogP contribution in [0.25, 0.3) is 0 Å². The Morgan fingerprint density at radius 3 is 2.88 bits per heavy atom. The third-order valence-electron chi connectivity index (χ3n) is 4.01. The second-order valence-corrected chi connectivity index (χ2v) is 8.37. The summed E-state index contributed by atoms with van der Waals surface area (Å²) in [5, 5.41) is 10.7. The highest BCUT2D eigenvalue weighted by atomic mass is 35.5. The summed E-state index contributed by atoms with van der Waals surface area (Å²) in [5.74, 6) is 0.543. The third-order valence-corrected chi connectivity index (χ3v) is 6.05. The van der Waals surface area contributed by atoms with E-state index in [2.05, 4.69) is 20.5 Å². The molecule has 0 radical (unpaired) electrons. The van der Waals surface area contributed by atoms with Crippen molar-refractivity contribution in [1.29, 1.82) is 0 Å². The maximum absolute atomic E-state index is 13.2. The Balaban J connectivity index is 1.81. The van der Waals surface area contributed by atoms with Crippen LogP contribution < -0.4 is 10.2 Å². The lowest BCUT2D eigenvalue weighted by Gasteiger charge is -2.27. The molecule has 3 rings (SSSR count). The summed E-state index contributed by atoms with van der Waals surface area (Å²) in [7, 11) is -3.00. The zero-order chi connectivity index (χ0) is 18.0. The maximum atomic E-state index is 13.2. The summed E-state index contributed by atoms with van der Waals surface area (Å²) >= 11 is 5.76. The van der Waals surface area contributed by atoms with Gasteiger partial charge in [-0.25, -0.2) is 12.8 Å². The minimum atomic E-state index is -3.00. The second kappa shape index (κ2) is 7.09. The number of nitrogens with one attached hydrogen (secondary N) is 1. The molecule has 25 heavy (non-hydrogen) atoms. The van der Waals surface area contributed by atoms with Crippen LogP contribution in [-0.4, -0.2) is 47.7 Å². The number of halogens is 2. The van der Waals surface area contributed by atoms with Gasteiger partial charge in [-0.15, -0.1) is 5.10 Å². The van der Waals surface area contributed by atoms with Gasteiger partial charge in [0, 0.05) is 18.3 Å². The first-order valence-electron chi connectivity index (χ1n) is 7.77. The molecule has 0 bridgehead atoms. The zero-order valence-corrected chi connectivity index (χ0v) is 15.1. The minimum Gasteiger partial charge on any atom is -0.351 e. The molecule has 1 saturated heterocycles. The van der Waals surface area contributed by atoms with Crippen LogP contribution in [0, 0.1) is 5.82 Å². The number of sulfone groups is 1. The van der Waals surface area contributed by atoms with E-state index in [1.165, 1.54) is 24.4 Å². The molecule has 1 aliphatic heterocycles. The van der Waals surface area contributed by atoms with Crippen molar-refractivity contribution in [2.24, 2.45) is 0 Å². The van der Waals surface area contributed by atoms with Crippen LogP contribution in [0.3, 0.4) is 0 Å². The van der Waals surface area contributed by atoms with Gasteiger partial charge in [0.2, 0.25) is 5.95 Å².